The van der Waals surface area contributed by atoms with E-state index in [9.17, 15) is 0 Å². The Morgan fingerprint density at radius 1 is 1.10 bits per heavy atom. The Balaban J connectivity index is 2.01. The predicted octanol–water partition coefficient (Wildman–Crippen LogP) is 2.55. The van der Waals surface area contributed by atoms with Crippen molar-refractivity contribution in [2.24, 2.45) is 5.92 Å². The van der Waals surface area contributed by atoms with E-state index in [4.69, 9.17) is 9.72 Å². The number of hydrogen-bond acceptors (Lipinski definition) is 4. The van der Waals surface area contributed by atoms with Gasteiger partial charge in [-0.05, 0) is 31.9 Å². The van der Waals surface area contributed by atoms with Crippen molar-refractivity contribution in [3.8, 4) is 0 Å². The number of nitrogens with one attached hydrogen (secondary N) is 1. The first-order valence-electron chi connectivity index (χ1n) is 7.17. The molecular weight excluding hydrogens is 252 g/mol. The van der Waals surface area contributed by atoms with Crippen molar-refractivity contribution in [3.05, 3.63) is 18.0 Å². The summed E-state index contributed by atoms with van der Waals surface area (Å²) in [4.78, 5) is 14.7. The third-order valence-electron chi connectivity index (χ3n) is 4.37. The van der Waals surface area contributed by atoms with Crippen LogP contribution in [0.3, 0.4) is 0 Å². The van der Waals surface area contributed by atoms with Gasteiger partial charge in [0.25, 0.3) is 0 Å². The third-order valence-corrected chi connectivity index (χ3v) is 4.37. The Bertz CT molecular complexity index is 621. The van der Waals surface area contributed by atoms with Crippen LogP contribution in [0.25, 0.3) is 11.2 Å². The van der Waals surface area contributed by atoms with E-state index >= 15 is 0 Å². The summed E-state index contributed by atoms with van der Waals surface area (Å²) in [6.07, 6.45) is 0.461. The first-order chi connectivity index (χ1) is 9.47. The van der Waals surface area contributed by atoms with E-state index in [2.05, 4.69) is 30.7 Å². The molecule has 108 valence electrons. The summed E-state index contributed by atoms with van der Waals surface area (Å²) in [5, 5.41) is 0. The molecule has 1 fully saturated rings. The molecule has 0 radical (unpaired) electrons. The topological polar surface area (TPSA) is 54.0 Å². The zero-order valence-corrected chi connectivity index (χ0v) is 12.7. The molecule has 0 spiro atoms. The highest BCUT2D eigenvalue weighted by molar-refractivity contribution is 5.73. The second-order valence-electron chi connectivity index (χ2n) is 5.99. The van der Waals surface area contributed by atoms with Crippen LogP contribution < -0.4 is 4.90 Å². The second-order valence-corrected chi connectivity index (χ2v) is 5.99. The summed E-state index contributed by atoms with van der Waals surface area (Å²) in [5.74, 6) is 2.68. The summed E-state index contributed by atoms with van der Waals surface area (Å²) in [6.45, 7) is 6.48. The van der Waals surface area contributed by atoms with Crippen molar-refractivity contribution in [3.63, 3.8) is 0 Å². The lowest BCUT2D eigenvalue weighted by atomic mass is 9.89. The largest absolute Gasteiger partial charge is 0.374 e. The van der Waals surface area contributed by atoms with Gasteiger partial charge in [-0.1, -0.05) is 6.92 Å². The molecule has 4 unspecified atom stereocenters. The minimum Gasteiger partial charge on any atom is -0.374 e. The molecule has 0 saturated carbocycles. The van der Waals surface area contributed by atoms with Crippen molar-refractivity contribution < 1.29 is 4.74 Å². The number of fused-ring (bicyclic) bond motifs is 1. The average Bonchev–Trinajstić information content (AvgIpc) is 2.90. The molecule has 3 rings (SSSR count). The van der Waals surface area contributed by atoms with Crippen LogP contribution in [0.15, 0.2) is 12.1 Å². The van der Waals surface area contributed by atoms with Gasteiger partial charge in [-0.3, -0.25) is 0 Å². The molecule has 0 amide bonds. The van der Waals surface area contributed by atoms with Gasteiger partial charge >= 0.3 is 0 Å². The van der Waals surface area contributed by atoms with Crippen LogP contribution in [0.1, 0.15) is 32.5 Å². The lowest BCUT2D eigenvalue weighted by Crippen LogP contribution is -2.16. The van der Waals surface area contributed by atoms with Crippen LogP contribution in [0.4, 0.5) is 5.82 Å². The van der Waals surface area contributed by atoms with Crippen LogP contribution in [0.5, 0.6) is 0 Å². The molecule has 2 aromatic rings. The number of rotatable bonds is 2. The van der Waals surface area contributed by atoms with Crippen molar-refractivity contribution >= 4 is 17.0 Å². The molecule has 0 bridgehead atoms. The number of H-pyrrole nitrogens is 1. The highest BCUT2D eigenvalue weighted by Gasteiger charge is 2.39. The number of aromatic nitrogens is 3. The monoisotopic (exact) mass is 274 g/mol. The lowest BCUT2D eigenvalue weighted by molar-refractivity contribution is 0.0554. The molecule has 3 heterocycles. The van der Waals surface area contributed by atoms with Crippen molar-refractivity contribution in [2.75, 3.05) is 19.0 Å². The molecule has 20 heavy (non-hydrogen) atoms. The first kappa shape index (κ1) is 13.4. The molecule has 0 aliphatic carbocycles. The Hall–Kier alpha value is -1.62. The van der Waals surface area contributed by atoms with Gasteiger partial charge in [0.2, 0.25) is 0 Å². The molecule has 1 aliphatic heterocycles. The summed E-state index contributed by atoms with van der Waals surface area (Å²) < 4.78 is 5.91. The smallest absolute Gasteiger partial charge is 0.179 e. The zero-order chi connectivity index (χ0) is 14.4. The maximum absolute atomic E-state index is 5.91. The molecule has 4 atom stereocenters. The SMILES string of the molecule is CC1OC(C)C(c2nc3nc(N(C)C)ccc3[nH]2)C1C. The average molecular weight is 274 g/mol. The number of nitrogens with zero attached hydrogens (tertiary/aromatic N) is 3. The van der Waals surface area contributed by atoms with E-state index in [0.29, 0.717) is 11.8 Å². The minimum absolute atomic E-state index is 0.189. The number of imidazole rings is 1. The van der Waals surface area contributed by atoms with Gasteiger partial charge in [-0.15, -0.1) is 0 Å². The Morgan fingerprint density at radius 3 is 2.45 bits per heavy atom. The number of aromatic amines is 1. The standard InChI is InChI=1S/C15H22N4O/c1-8-9(2)20-10(3)13(8)15-16-11-6-7-12(19(4)5)17-14(11)18-15/h6-10,13H,1-5H3,(H,16,17,18). The van der Waals surface area contributed by atoms with Crippen LogP contribution >= 0.6 is 0 Å². The fourth-order valence-corrected chi connectivity index (χ4v) is 3.05. The van der Waals surface area contributed by atoms with Crippen molar-refractivity contribution in [1.82, 2.24) is 15.0 Å². The first-order valence-corrected chi connectivity index (χ1v) is 7.17. The Kier molecular flexibility index (Phi) is 3.17. The molecule has 0 aromatic carbocycles. The highest BCUT2D eigenvalue weighted by Crippen LogP contribution is 2.39. The second kappa shape index (κ2) is 4.74. The maximum Gasteiger partial charge on any atom is 0.179 e. The molecule has 2 aromatic heterocycles. The van der Waals surface area contributed by atoms with Gasteiger partial charge < -0.3 is 14.6 Å². The van der Waals surface area contributed by atoms with Crippen LogP contribution in [-0.4, -0.2) is 41.3 Å². The lowest BCUT2D eigenvalue weighted by Gasteiger charge is -2.15. The van der Waals surface area contributed by atoms with E-state index in [0.717, 1.165) is 22.8 Å². The maximum atomic E-state index is 5.91. The van der Waals surface area contributed by atoms with Gasteiger partial charge in [0, 0.05) is 20.0 Å². The quantitative estimate of drug-likeness (QED) is 0.914. The zero-order valence-electron chi connectivity index (χ0n) is 12.7. The molecule has 5 heteroatoms. The Morgan fingerprint density at radius 2 is 1.85 bits per heavy atom. The summed E-state index contributed by atoms with van der Waals surface area (Å²) in [5.41, 5.74) is 1.77. The van der Waals surface area contributed by atoms with E-state index in [-0.39, 0.29) is 12.2 Å². The normalized spacial score (nSPS) is 30.1. The van der Waals surface area contributed by atoms with Gasteiger partial charge in [0.1, 0.15) is 11.6 Å². The molecular formula is C15H22N4O. The fourth-order valence-electron chi connectivity index (χ4n) is 3.05. The number of anilines is 1. The van der Waals surface area contributed by atoms with Gasteiger partial charge in [-0.25, -0.2) is 9.97 Å². The van der Waals surface area contributed by atoms with Gasteiger partial charge in [0.15, 0.2) is 5.65 Å². The molecule has 5 nitrogen and oxygen atoms in total. The molecule has 1 aliphatic rings. The third kappa shape index (κ3) is 2.06. The Labute approximate surface area is 119 Å². The van der Waals surface area contributed by atoms with E-state index in [1.807, 2.05) is 31.1 Å². The van der Waals surface area contributed by atoms with E-state index in [1.54, 1.807) is 0 Å². The molecule has 1 saturated heterocycles. The number of pyridine rings is 1. The van der Waals surface area contributed by atoms with Crippen LogP contribution in [0, 0.1) is 5.92 Å². The van der Waals surface area contributed by atoms with Crippen molar-refractivity contribution in [2.45, 2.75) is 38.9 Å². The molecule has 1 N–H and O–H groups in total. The van der Waals surface area contributed by atoms with Crippen LogP contribution in [-0.2, 0) is 4.74 Å². The van der Waals surface area contributed by atoms with Gasteiger partial charge in [-0.2, -0.15) is 0 Å². The van der Waals surface area contributed by atoms with Crippen molar-refractivity contribution in [1.29, 1.82) is 0 Å². The van der Waals surface area contributed by atoms with Crippen LogP contribution in [0.2, 0.25) is 0 Å². The number of hydrogen-bond donors (Lipinski definition) is 1. The summed E-state index contributed by atoms with van der Waals surface area (Å²) in [7, 11) is 3.97. The minimum atomic E-state index is 0.189. The van der Waals surface area contributed by atoms with E-state index in [1.165, 1.54) is 0 Å². The number of ether oxygens (including phenoxy) is 1. The van der Waals surface area contributed by atoms with E-state index < -0.39 is 0 Å². The highest BCUT2D eigenvalue weighted by atomic mass is 16.5. The fraction of sp³-hybridized carbons (Fsp3) is 0.600. The van der Waals surface area contributed by atoms with Gasteiger partial charge in [0.05, 0.1) is 17.7 Å². The predicted molar refractivity (Wildman–Crippen MR) is 80.1 cm³/mol. The summed E-state index contributed by atoms with van der Waals surface area (Å²) >= 11 is 0. The summed E-state index contributed by atoms with van der Waals surface area (Å²) in [6, 6.07) is 4.05.